The van der Waals surface area contributed by atoms with Crippen LogP contribution in [0.15, 0.2) is 24.3 Å². The second-order valence-corrected chi connectivity index (χ2v) is 3.46. The van der Waals surface area contributed by atoms with Crippen molar-refractivity contribution in [1.82, 2.24) is 0 Å². The average molecular weight is 210 g/mol. The summed E-state index contributed by atoms with van der Waals surface area (Å²) in [6.07, 6.45) is -1.34. The van der Waals surface area contributed by atoms with Gasteiger partial charge in [-0.15, -0.1) is 0 Å². The van der Waals surface area contributed by atoms with Gasteiger partial charge < -0.3 is 14.9 Å². The SMILES string of the molecule is CC(C)OC(C(=O)O)c1ccccc1O. The summed E-state index contributed by atoms with van der Waals surface area (Å²) in [6.45, 7) is 3.49. The first-order chi connectivity index (χ1) is 7.02. The molecule has 1 aromatic carbocycles. The molecular weight excluding hydrogens is 196 g/mol. The van der Waals surface area contributed by atoms with Gasteiger partial charge in [0.25, 0.3) is 0 Å². The largest absolute Gasteiger partial charge is 0.508 e. The van der Waals surface area contributed by atoms with E-state index < -0.39 is 12.1 Å². The zero-order chi connectivity index (χ0) is 11.4. The summed E-state index contributed by atoms with van der Waals surface area (Å²) < 4.78 is 5.22. The minimum atomic E-state index is -1.12. The third-order valence-electron chi connectivity index (χ3n) is 1.85. The van der Waals surface area contributed by atoms with Gasteiger partial charge in [-0.05, 0) is 19.9 Å². The molecule has 0 saturated carbocycles. The van der Waals surface area contributed by atoms with Crippen molar-refractivity contribution < 1.29 is 19.7 Å². The van der Waals surface area contributed by atoms with Crippen LogP contribution in [0.4, 0.5) is 0 Å². The standard InChI is InChI=1S/C11H14O4/c1-7(2)15-10(11(13)14)8-5-3-4-6-9(8)12/h3-7,10,12H,1-2H3,(H,13,14). The van der Waals surface area contributed by atoms with E-state index in [1.165, 1.54) is 12.1 Å². The number of para-hydroxylation sites is 1. The van der Waals surface area contributed by atoms with Crippen LogP contribution in [-0.4, -0.2) is 22.3 Å². The Bertz CT molecular complexity index is 346. The Morgan fingerprint density at radius 1 is 1.33 bits per heavy atom. The van der Waals surface area contributed by atoms with Gasteiger partial charge in [0.2, 0.25) is 0 Å². The Kier molecular flexibility index (Phi) is 3.68. The maximum absolute atomic E-state index is 11.0. The predicted molar refractivity (Wildman–Crippen MR) is 54.7 cm³/mol. The van der Waals surface area contributed by atoms with Crippen LogP contribution >= 0.6 is 0 Å². The molecule has 2 N–H and O–H groups in total. The molecule has 0 aliphatic heterocycles. The van der Waals surface area contributed by atoms with E-state index in [9.17, 15) is 9.90 Å². The van der Waals surface area contributed by atoms with E-state index in [-0.39, 0.29) is 17.4 Å². The predicted octanol–water partition coefficient (Wildman–Crippen LogP) is 1.94. The number of rotatable bonds is 4. The first-order valence-electron chi connectivity index (χ1n) is 4.68. The normalized spacial score (nSPS) is 12.7. The lowest BCUT2D eigenvalue weighted by Crippen LogP contribution is -2.19. The Morgan fingerprint density at radius 2 is 1.93 bits per heavy atom. The highest BCUT2D eigenvalue weighted by atomic mass is 16.5. The van der Waals surface area contributed by atoms with Gasteiger partial charge >= 0.3 is 5.97 Å². The molecule has 1 rings (SSSR count). The third-order valence-corrected chi connectivity index (χ3v) is 1.85. The lowest BCUT2D eigenvalue weighted by atomic mass is 10.1. The van der Waals surface area contributed by atoms with Crippen molar-refractivity contribution in [2.24, 2.45) is 0 Å². The van der Waals surface area contributed by atoms with Gasteiger partial charge in [0.05, 0.1) is 6.10 Å². The fourth-order valence-corrected chi connectivity index (χ4v) is 1.25. The molecule has 82 valence electrons. The number of phenols is 1. The molecule has 1 atom stereocenters. The van der Waals surface area contributed by atoms with E-state index in [0.717, 1.165) is 0 Å². The number of aromatic hydroxyl groups is 1. The fourth-order valence-electron chi connectivity index (χ4n) is 1.25. The number of phenolic OH excluding ortho intramolecular Hbond substituents is 1. The Balaban J connectivity index is 2.99. The molecule has 0 bridgehead atoms. The van der Waals surface area contributed by atoms with Crippen LogP contribution in [0, 0.1) is 0 Å². The van der Waals surface area contributed by atoms with Gasteiger partial charge in [-0.2, -0.15) is 0 Å². The van der Waals surface area contributed by atoms with E-state index >= 15 is 0 Å². The summed E-state index contributed by atoms with van der Waals surface area (Å²) in [6, 6.07) is 6.27. The molecule has 0 aliphatic carbocycles. The monoisotopic (exact) mass is 210 g/mol. The molecule has 15 heavy (non-hydrogen) atoms. The van der Waals surface area contributed by atoms with Crippen molar-refractivity contribution in [2.45, 2.75) is 26.1 Å². The molecule has 0 aliphatic rings. The van der Waals surface area contributed by atoms with Crippen molar-refractivity contribution in [2.75, 3.05) is 0 Å². The third kappa shape index (κ3) is 2.95. The quantitative estimate of drug-likeness (QED) is 0.797. The maximum atomic E-state index is 11.0. The summed E-state index contributed by atoms with van der Waals surface area (Å²) in [4.78, 5) is 11.0. The zero-order valence-electron chi connectivity index (χ0n) is 8.68. The average Bonchev–Trinajstić information content (AvgIpc) is 2.15. The number of carboxylic acids is 1. The lowest BCUT2D eigenvalue weighted by Gasteiger charge is -2.17. The van der Waals surface area contributed by atoms with Gasteiger partial charge in [0, 0.05) is 5.56 Å². The summed E-state index contributed by atoms with van der Waals surface area (Å²) in [5, 5.41) is 18.5. The summed E-state index contributed by atoms with van der Waals surface area (Å²) in [5.41, 5.74) is 0.277. The second kappa shape index (κ2) is 4.79. The van der Waals surface area contributed by atoms with E-state index in [0.29, 0.717) is 0 Å². The smallest absolute Gasteiger partial charge is 0.337 e. The number of hydrogen-bond acceptors (Lipinski definition) is 3. The molecule has 0 amide bonds. The minimum Gasteiger partial charge on any atom is -0.508 e. The second-order valence-electron chi connectivity index (χ2n) is 3.46. The number of carboxylic acid groups (broad SMARTS) is 1. The highest BCUT2D eigenvalue weighted by Crippen LogP contribution is 2.27. The first-order valence-corrected chi connectivity index (χ1v) is 4.68. The van der Waals surface area contributed by atoms with E-state index in [1.54, 1.807) is 26.0 Å². The van der Waals surface area contributed by atoms with E-state index in [1.807, 2.05) is 0 Å². The maximum Gasteiger partial charge on any atom is 0.337 e. The van der Waals surface area contributed by atoms with Crippen molar-refractivity contribution >= 4 is 5.97 Å². The van der Waals surface area contributed by atoms with Gasteiger partial charge in [-0.25, -0.2) is 4.79 Å². The van der Waals surface area contributed by atoms with Crippen molar-refractivity contribution in [1.29, 1.82) is 0 Å². The topological polar surface area (TPSA) is 66.8 Å². The molecule has 4 heteroatoms. The highest BCUT2D eigenvalue weighted by Gasteiger charge is 2.24. The van der Waals surface area contributed by atoms with Crippen molar-refractivity contribution in [3.63, 3.8) is 0 Å². The Morgan fingerprint density at radius 3 is 2.40 bits per heavy atom. The molecule has 0 aromatic heterocycles. The molecule has 1 aromatic rings. The molecule has 0 radical (unpaired) electrons. The lowest BCUT2D eigenvalue weighted by molar-refractivity contribution is -0.153. The Hall–Kier alpha value is -1.55. The number of aliphatic carboxylic acids is 1. The summed E-state index contributed by atoms with van der Waals surface area (Å²) >= 11 is 0. The molecule has 0 heterocycles. The molecule has 0 saturated heterocycles. The Labute approximate surface area is 88.1 Å². The molecular formula is C11H14O4. The minimum absolute atomic E-state index is 0.0643. The number of benzene rings is 1. The van der Waals surface area contributed by atoms with Crippen molar-refractivity contribution in [3.8, 4) is 5.75 Å². The van der Waals surface area contributed by atoms with Crippen LogP contribution in [0.5, 0.6) is 5.75 Å². The van der Waals surface area contributed by atoms with Gasteiger partial charge in [-0.3, -0.25) is 0 Å². The molecule has 0 fully saturated rings. The molecule has 4 nitrogen and oxygen atoms in total. The van der Waals surface area contributed by atoms with Crippen LogP contribution < -0.4 is 0 Å². The van der Waals surface area contributed by atoms with E-state index in [4.69, 9.17) is 9.84 Å². The number of ether oxygens (including phenoxy) is 1. The van der Waals surface area contributed by atoms with Crippen LogP contribution in [0.3, 0.4) is 0 Å². The number of carbonyl (C=O) groups is 1. The van der Waals surface area contributed by atoms with E-state index in [2.05, 4.69) is 0 Å². The fraction of sp³-hybridized carbons (Fsp3) is 0.364. The molecule has 1 unspecified atom stereocenters. The number of hydrogen-bond donors (Lipinski definition) is 2. The molecule has 0 spiro atoms. The zero-order valence-corrected chi connectivity index (χ0v) is 8.68. The van der Waals surface area contributed by atoms with Crippen LogP contribution in [0.25, 0.3) is 0 Å². The summed E-state index contributed by atoms with van der Waals surface area (Å²) in [7, 11) is 0. The van der Waals surface area contributed by atoms with Crippen molar-refractivity contribution in [3.05, 3.63) is 29.8 Å². The first kappa shape index (κ1) is 11.5. The van der Waals surface area contributed by atoms with Crippen LogP contribution in [0.1, 0.15) is 25.5 Å². The van der Waals surface area contributed by atoms with Gasteiger partial charge in [0.1, 0.15) is 5.75 Å². The highest BCUT2D eigenvalue weighted by molar-refractivity contribution is 5.75. The van der Waals surface area contributed by atoms with Crippen LogP contribution in [-0.2, 0) is 9.53 Å². The summed E-state index contributed by atoms with van der Waals surface area (Å²) in [5.74, 6) is -1.17. The van der Waals surface area contributed by atoms with Gasteiger partial charge in [0.15, 0.2) is 6.10 Å². The van der Waals surface area contributed by atoms with Crippen LogP contribution in [0.2, 0.25) is 0 Å². The van der Waals surface area contributed by atoms with Gasteiger partial charge in [-0.1, -0.05) is 18.2 Å².